The number of hydrogen-bond acceptors (Lipinski definition) is 3. The molecule has 1 N–H and O–H groups in total. The summed E-state index contributed by atoms with van der Waals surface area (Å²) < 4.78 is 14.2. The molecule has 18 heavy (non-hydrogen) atoms. The number of carbonyl (C=O) groups is 1. The molecule has 0 aliphatic heterocycles. The van der Waals surface area contributed by atoms with Crippen LogP contribution in [0, 0.1) is 5.82 Å². The molecule has 0 radical (unpaired) electrons. The molecule has 0 unspecified atom stereocenters. The summed E-state index contributed by atoms with van der Waals surface area (Å²) in [5.41, 5.74) is 3.09. The van der Waals surface area contributed by atoms with E-state index in [1.165, 1.54) is 6.07 Å². The number of thiophene rings is 1. The van der Waals surface area contributed by atoms with Gasteiger partial charge in [0.25, 0.3) is 5.91 Å². The average Bonchev–Trinajstić information content (AvgIpc) is 2.65. The first-order valence-electron chi connectivity index (χ1n) is 5.18. The van der Waals surface area contributed by atoms with Crippen molar-refractivity contribution >= 4 is 44.6 Å². The normalized spacial score (nSPS) is 10.4. The zero-order valence-corrected chi connectivity index (χ0v) is 11.3. The number of hydrogen-bond donors (Lipinski definition) is 1. The van der Waals surface area contributed by atoms with E-state index in [1.807, 2.05) is 0 Å². The van der Waals surface area contributed by atoms with Crippen LogP contribution in [0.25, 0.3) is 10.1 Å². The zero-order valence-electron chi connectivity index (χ0n) is 9.75. The minimum atomic E-state index is -0.429. The van der Waals surface area contributed by atoms with Crippen LogP contribution in [0.2, 0.25) is 5.02 Å². The number of rotatable bonds is 2. The van der Waals surface area contributed by atoms with Crippen LogP contribution in [-0.4, -0.2) is 11.6 Å². The highest BCUT2D eigenvalue weighted by Gasteiger charge is 2.18. The monoisotopic (exact) mass is 284 g/mol. The van der Waals surface area contributed by atoms with Crippen LogP contribution in [0.15, 0.2) is 23.3 Å². The maximum absolute atomic E-state index is 13.6. The number of amides is 1. The van der Waals surface area contributed by atoms with E-state index in [0.717, 1.165) is 11.3 Å². The van der Waals surface area contributed by atoms with Crippen LogP contribution in [0.5, 0.6) is 0 Å². The van der Waals surface area contributed by atoms with Crippen molar-refractivity contribution in [3.8, 4) is 0 Å². The van der Waals surface area contributed by atoms with E-state index in [1.54, 1.807) is 26.0 Å². The Labute approximate surface area is 112 Å². The number of halogens is 2. The maximum Gasteiger partial charge on any atom is 0.283 e. The molecule has 2 aromatic rings. The van der Waals surface area contributed by atoms with E-state index < -0.39 is 11.7 Å². The molecule has 1 aromatic carbocycles. The summed E-state index contributed by atoms with van der Waals surface area (Å²) in [6.45, 7) is 3.51. The van der Waals surface area contributed by atoms with Crippen molar-refractivity contribution in [2.75, 3.05) is 0 Å². The van der Waals surface area contributed by atoms with Gasteiger partial charge in [-0.25, -0.2) is 9.82 Å². The van der Waals surface area contributed by atoms with Crippen molar-refractivity contribution in [2.45, 2.75) is 13.8 Å². The third kappa shape index (κ3) is 2.37. The SMILES string of the molecule is CC(C)=NNC(=O)c1sc2cccc(F)c2c1Cl. The van der Waals surface area contributed by atoms with E-state index in [0.29, 0.717) is 10.4 Å². The number of carbonyl (C=O) groups excluding carboxylic acids is 1. The number of benzene rings is 1. The Morgan fingerprint density at radius 3 is 2.78 bits per heavy atom. The van der Waals surface area contributed by atoms with Crippen LogP contribution >= 0.6 is 22.9 Å². The highest BCUT2D eigenvalue weighted by Crippen LogP contribution is 2.36. The molecular weight excluding hydrogens is 275 g/mol. The fourth-order valence-electron chi connectivity index (χ4n) is 1.43. The average molecular weight is 285 g/mol. The van der Waals surface area contributed by atoms with Crippen LogP contribution in [0.4, 0.5) is 4.39 Å². The lowest BCUT2D eigenvalue weighted by molar-refractivity contribution is 0.0959. The molecule has 0 aliphatic rings. The lowest BCUT2D eigenvalue weighted by Crippen LogP contribution is -2.17. The molecule has 1 amide bonds. The highest BCUT2D eigenvalue weighted by atomic mass is 35.5. The first kappa shape index (κ1) is 13.0. The van der Waals surface area contributed by atoms with Gasteiger partial charge in [-0.3, -0.25) is 4.79 Å². The fourth-order valence-corrected chi connectivity index (χ4v) is 2.88. The molecular formula is C12H10ClFN2OS. The smallest absolute Gasteiger partial charge is 0.266 e. The Hall–Kier alpha value is -1.46. The van der Waals surface area contributed by atoms with E-state index in [-0.39, 0.29) is 15.3 Å². The van der Waals surface area contributed by atoms with Gasteiger partial charge in [-0.15, -0.1) is 11.3 Å². The van der Waals surface area contributed by atoms with E-state index >= 15 is 0 Å². The van der Waals surface area contributed by atoms with Crippen LogP contribution in [0.1, 0.15) is 23.5 Å². The topological polar surface area (TPSA) is 41.5 Å². The van der Waals surface area contributed by atoms with Crippen molar-refractivity contribution in [2.24, 2.45) is 5.10 Å². The molecule has 2 rings (SSSR count). The van der Waals surface area contributed by atoms with Crippen molar-refractivity contribution in [3.63, 3.8) is 0 Å². The second-order valence-electron chi connectivity index (χ2n) is 3.86. The van der Waals surface area contributed by atoms with Gasteiger partial charge < -0.3 is 0 Å². The molecule has 0 bridgehead atoms. The molecule has 1 aromatic heterocycles. The van der Waals surface area contributed by atoms with Crippen molar-refractivity contribution < 1.29 is 9.18 Å². The van der Waals surface area contributed by atoms with E-state index in [4.69, 9.17) is 11.6 Å². The first-order valence-corrected chi connectivity index (χ1v) is 6.38. The second-order valence-corrected chi connectivity index (χ2v) is 5.29. The predicted octanol–water partition coefficient (Wildman–Crippen LogP) is 3.82. The number of hydrazone groups is 1. The van der Waals surface area contributed by atoms with Gasteiger partial charge in [-0.2, -0.15) is 5.10 Å². The fraction of sp³-hybridized carbons (Fsp3) is 0.167. The summed E-state index contributed by atoms with van der Waals surface area (Å²) >= 11 is 7.18. The third-order valence-corrected chi connectivity index (χ3v) is 3.84. The van der Waals surface area contributed by atoms with Crippen LogP contribution in [-0.2, 0) is 0 Å². The Bertz CT molecular complexity index is 647. The van der Waals surface area contributed by atoms with Crippen molar-refractivity contribution in [1.29, 1.82) is 0 Å². The summed E-state index contributed by atoms with van der Waals surface area (Å²) in [5, 5.41) is 4.22. The quantitative estimate of drug-likeness (QED) is 0.661. The Kier molecular flexibility index (Phi) is 3.63. The standard InChI is InChI=1S/C12H10ClFN2OS/c1-6(2)15-16-12(17)11-10(13)9-7(14)4-3-5-8(9)18-11/h3-5H,1-2H3,(H,16,17). The van der Waals surface area contributed by atoms with Gasteiger partial charge in [0.2, 0.25) is 0 Å². The minimum absolute atomic E-state index is 0.134. The third-order valence-electron chi connectivity index (χ3n) is 2.19. The van der Waals surface area contributed by atoms with Gasteiger partial charge in [-0.05, 0) is 26.0 Å². The van der Waals surface area contributed by atoms with Crippen molar-refractivity contribution in [1.82, 2.24) is 5.43 Å². The highest BCUT2D eigenvalue weighted by molar-refractivity contribution is 7.21. The molecule has 0 fully saturated rings. The van der Waals surface area contributed by atoms with Gasteiger partial charge >= 0.3 is 0 Å². The zero-order chi connectivity index (χ0) is 13.3. The molecule has 6 heteroatoms. The summed E-state index contributed by atoms with van der Waals surface area (Å²) in [6.07, 6.45) is 0. The maximum atomic E-state index is 13.6. The van der Waals surface area contributed by atoms with Gasteiger partial charge in [0.05, 0.1) is 5.02 Å². The first-order chi connectivity index (χ1) is 8.50. The molecule has 1 heterocycles. The van der Waals surface area contributed by atoms with Crippen LogP contribution < -0.4 is 5.43 Å². The summed E-state index contributed by atoms with van der Waals surface area (Å²) in [4.78, 5) is 12.1. The largest absolute Gasteiger partial charge is 0.283 e. The molecule has 0 saturated heterocycles. The Morgan fingerprint density at radius 2 is 2.17 bits per heavy atom. The van der Waals surface area contributed by atoms with E-state index in [2.05, 4.69) is 10.5 Å². The predicted molar refractivity (Wildman–Crippen MR) is 73.0 cm³/mol. The minimum Gasteiger partial charge on any atom is -0.266 e. The number of fused-ring (bicyclic) bond motifs is 1. The lowest BCUT2D eigenvalue weighted by atomic mass is 10.2. The molecule has 0 atom stereocenters. The number of nitrogens with zero attached hydrogens (tertiary/aromatic N) is 1. The van der Waals surface area contributed by atoms with Gasteiger partial charge in [0.1, 0.15) is 10.7 Å². The molecule has 94 valence electrons. The molecule has 0 spiro atoms. The molecule has 0 aliphatic carbocycles. The van der Waals surface area contributed by atoms with Crippen molar-refractivity contribution in [3.05, 3.63) is 33.9 Å². The van der Waals surface area contributed by atoms with Gasteiger partial charge in [0.15, 0.2) is 0 Å². The summed E-state index contributed by atoms with van der Waals surface area (Å²) in [7, 11) is 0. The van der Waals surface area contributed by atoms with Gasteiger partial charge in [0, 0.05) is 15.8 Å². The Balaban J connectivity index is 2.46. The van der Waals surface area contributed by atoms with E-state index in [9.17, 15) is 9.18 Å². The van der Waals surface area contributed by atoms with Gasteiger partial charge in [-0.1, -0.05) is 17.7 Å². The molecule has 0 saturated carbocycles. The second kappa shape index (κ2) is 5.04. The number of nitrogens with one attached hydrogen (secondary N) is 1. The lowest BCUT2D eigenvalue weighted by Gasteiger charge is -1.97. The summed E-state index contributed by atoms with van der Waals surface area (Å²) in [6, 6.07) is 4.62. The van der Waals surface area contributed by atoms with Crippen LogP contribution in [0.3, 0.4) is 0 Å². The molecule has 3 nitrogen and oxygen atoms in total. The summed E-state index contributed by atoms with van der Waals surface area (Å²) in [5.74, 6) is -0.857. The Morgan fingerprint density at radius 1 is 1.44 bits per heavy atom.